The van der Waals surface area contributed by atoms with E-state index in [4.69, 9.17) is 0 Å². The number of carbonyl (C=O) groups excluding carboxylic acids is 2. The molecule has 3 aliphatic rings. The van der Waals surface area contributed by atoms with Crippen LogP contribution in [0.25, 0.3) is 0 Å². The number of rotatable bonds is 6. The maximum Gasteiger partial charge on any atom is 0.239 e. The van der Waals surface area contributed by atoms with E-state index in [9.17, 15) is 9.59 Å². The predicted molar refractivity (Wildman–Crippen MR) is 119 cm³/mol. The standard InChI is InChI=1S/C25H37N3O2/c1-20-7-9-21(10-8-20)25(13-3-2-4-14-25)19-27-16-11-22(12-17-27)26-23(29)18-28-15-5-6-24(28)30/h7-10,22H,2-6,11-19H2,1H3,(H,26,29). The van der Waals surface area contributed by atoms with E-state index in [1.165, 1.54) is 43.2 Å². The van der Waals surface area contributed by atoms with Gasteiger partial charge in [0.1, 0.15) is 0 Å². The number of piperidine rings is 1. The summed E-state index contributed by atoms with van der Waals surface area (Å²) < 4.78 is 0. The van der Waals surface area contributed by atoms with Crippen LogP contribution in [0, 0.1) is 6.92 Å². The summed E-state index contributed by atoms with van der Waals surface area (Å²) in [6.07, 6.45) is 10.1. The van der Waals surface area contributed by atoms with Gasteiger partial charge in [-0.2, -0.15) is 0 Å². The van der Waals surface area contributed by atoms with Crippen molar-refractivity contribution in [3.05, 3.63) is 35.4 Å². The van der Waals surface area contributed by atoms with Crippen LogP contribution < -0.4 is 5.32 Å². The lowest BCUT2D eigenvalue weighted by Crippen LogP contribution is -2.50. The molecule has 1 N–H and O–H groups in total. The van der Waals surface area contributed by atoms with Gasteiger partial charge in [-0.25, -0.2) is 0 Å². The molecule has 3 fully saturated rings. The molecule has 2 amide bonds. The fourth-order valence-electron chi connectivity index (χ4n) is 5.66. The first kappa shape index (κ1) is 21.4. The van der Waals surface area contributed by atoms with E-state index in [0.29, 0.717) is 6.42 Å². The summed E-state index contributed by atoms with van der Waals surface area (Å²) >= 11 is 0. The number of nitrogens with one attached hydrogen (secondary N) is 1. The number of amides is 2. The van der Waals surface area contributed by atoms with Crippen LogP contribution in [-0.2, 0) is 15.0 Å². The van der Waals surface area contributed by atoms with Crippen LogP contribution in [0.15, 0.2) is 24.3 Å². The molecule has 0 unspecified atom stereocenters. The molecule has 0 spiro atoms. The molecule has 5 heteroatoms. The minimum Gasteiger partial charge on any atom is -0.352 e. The van der Waals surface area contributed by atoms with E-state index in [2.05, 4.69) is 41.4 Å². The first-order valence-corrected chi connectivity index (χ1v) is 11.9. The Labute approximate surface area is 181 Å². The predicted octanol–water partition coefficient (Wildman–Crippen LogP) is 3.40. The molecule has 4 rings (SSSR count). The lowest BCUT2D eigenvalue weighted by Gasteiger charge is -2.44. The topological polar surface area (TPSA) is 52.7 Å². The number of benzene rings is 1. The van der Waals surface area contributed by atoms with E-state index >= 15 is 0 Å². The molecule has 0 aromatic heterocycles. The molecular weight excluding hydrogens is 374 g/mol. The van der Waals surface area contributed by atoms with E-state index in [1.807, 2.05) is 0 Å². The van der Waals surface area contributed by atoms with Crippen molar-refractivity contribution in [1.29, 1.82) is 0 Å². The summed E-state index contributed by atoms with van der Waals surface area (Å²) in [5, 5.41) is 3.18. The summed E-state index contributed by atoms with van der Waals surface area (Å²) in [7, 11) is 0. The van der Waals surface area contributed by atoms with Crippen molar-refractivity contribution in [1.82, 2.24) is 15.1 Å². The molecular formula is C25H37N3O2. The second-order valence-electron chi connectivity index (χ2n) is 9.74. The third-order valence-corrected chi connectivity index (χ3v) is 7.46. The highest BCUT2D eigenvalue weighted by Gasteiger charge is 2.36. The molecule has 1 aliphatic carbocycles. The van der Waals surface area contributed by atoms with Gasteiger partial charge in [0.25, 0.3) is 0 Å². The number of hydrogen-bond acceptors (Lipinski definition) is 3. The Hall–Kier alpha value is -1.88. The van der Waals surface area contributed by atoms with E-state index in [-0.39, 0.29) is 29.8 Å². The van der Waals surface area contributed by atoms with Gasteiger partial charge in [-0.1, -0.05) is 49.1 Å². The van der Waals surface area contributed by atoms with Crippen LogP contribution in [-0.4, -0.2) is 60.4 Å². The third-order valence-electron chi connectivity index (χ3n) is 7.46. The minimum atomic E-state index is 0.00658. The molecule has 1 saturated carbocycles. The van der Waals surface area contributed by atoms with Crippen molar-refractivity contribution in [2.45, 2.75) is 76.2 Å². The molecule has 2 saturated heterocycles. The minimum absolute atomic E-state index is 0.00658. The molecule has 2 heterocycles. The van der Waals surface area contributed by atoms with Gasteiger partial charge < -0.3 is 15.1 Å². The Bertz CT molecular complexity index is 731. The molecule has 1 aromatic carbocycles. The SMILES string of the molecule is Cc1ccc(C2(CN3CCC(NC(=O)CN4CCCC4=O)CC3)CCCCC2)cc1. The fraction of sp³-hybridized carbons (Fsp3) is 0.680. The average molecular weight is 412 g/mol. The second kappa shape index (κ2) is 9.51. The van der Waals surface area contributed by atoms with Gasteiger partial charge in [-0.3, -0.25) is 9.59 Å². The summed E-state index contributed by atoms with van der Waals surface area (Å²) in [6, 6.07) is 9.48. The van der Waals surface area contributed by atoms with E-state index in [0.717, 1.165) is 45.4 Å². The zero-order chi connectivity index (χ0) is 21.0. The van der Waals surface area contributed by atoms with Crippen molar-refractivity contribution in [3.63, 3.8) is 0 Å². The lowest BCUT2D eigenvalue weighted by atomic mass is 9.69. The Morgan fingerprint density at radius 2 is 1.73 bits per heavy atom. The van der Waals surface area contributed by atoms with Gasteiger partial charge >= 0.3 is 0 Å². The maximum absolute atomic E-state index is 12.4. The molecule has 30 heavy (non-hydrogen) atoms. The van der Waals surface area contributed by atoms with Gasteiger partial charge in [-0.15, -0.1) is 0 Å². The van der Waals surface area contributed by atoms with Crippen molar-refractivity contribution >= 4 is 11.8 Å². The summed E-state index contributed by atoms with van der Waals surface area (Å²) in [5.74, 6) is 0.126. The second-order valence-corrected chi connectivity index (χ2v) is 9.74. The largest absolute Gasteiger partial charge is 0.352 e. The third kappa shape index (κ3) is 5.05. The number of likely N-dealkylation sites (tertiary alicyclic amines) is 2. The quantitative estimate of drug-likeness (QED) is 0.781. The maximum atomic E-state index is 12.4. The van der Waals surface area contributed by atoms with Crippen molar-refractivity contribution < 1.29 is 9.59 Å². The van der Waals surface area contributed by atoms with E-state index < -0.39 is 0 Å². The molecule has 1 aromatic rings. The van der Waals surface area contributed by atoms with Gasteiger partial charge in [0.2, 0.25) is 11.8 Å². The zero-order valence-electron chi connectivity index (χ0n) is 18.5. The first-order valence-electron chi connectivity index (χ1n) is 11.9. The number of hydrogen-bond donors (Lipinski definition) is 1. The van der Waals surface area contributed by atoms with Gasteiger partial charge in [-0.05, 0) is 44.6 Å². The first-order chi connectivity index (χ1) is 14.5. The summed E-state index contributed by atoms with van der Waals surface area (Å²) in [4.78, 5) is 28.4. The highest BCUT2D eigenvalue weighted by molar-refractivity contribution is 5.85. The monoisotopic (exact) mass is 411 g/mol. The fourth-order valence-corrected chi connectivity index (χ4v) is 5.66. The Kier molecular flexibility index (Phi) is 6.77. The van der Waals surface area contributed by atoms with Crippen LogP contribution in [0.2, 0.25) is 0 Å². The Morgan fingerprint density at radius 3 is 2.37 bits per heavy atom. The molecule has 2 aliphatic heterocycles. The molecule has 0 radical (unpaired) electrons. The number of carbonyl (C=O) groups is 2. The van der Waals surface area contributed by atoms with Crippen LogP contribution in [0.4, 0.5) is 0 Å². The van der Waals surface area contributed by atoms with E-state index in [1.54, 1.807) is 4.90 Å². The highest BCUT2D eigenvalue weighted by Crippen LogP contribution is 2.40. The van der Waals surface area contributed by atoms with Gasteiger partial charge in [0, 0.05) is 44.1 Å². The van der Waals surface area contributed by atoms with Crippen LogP contribution in [0.5, 0.6) is 0 Å². The van der Waals surface area contributed by atoms with Gasteiger partial charge in [0.15, 0.2) is 0 Å². The molecule has 0 atom stereocenters. The van der Waals surface area contributed by atoms with Crippen molar-refractivity contribution in [3.8, 4) is 0 Å². The molecule has 5 nitrogen and oxygen atoms in total. The Morgan fingerprint density at radius 1 is 1.03 bits per heavy atom. The average Bonchev–Trinajstić information content (AvgIpc) is 3.15. The summed E-state index contributed by atoms with van der Waals surface area (Å²) in [5.41, 5.74) is 3.13. The van der Waals surface area contributed by atoms with Gasteiger partial charge in [0.05, 0.1) is 6.54 Å². The lowest BCUT2D eigenvalue weighted by molar-refractivity contribution is -0.133. The highest BCUT2D eigenvalue weighted by atomic mass is 16.2. The molecule has 0 bridgehead atoms. The van der Waals surface area contributed by atoms with Crippen molar-refractivity contribution in [2.75, 3.05) is 32.7 Å². The van der Waals surface area contributed by atoms with Crippen LogP contribution >= 0.6 is 0 Å². The summed E-state index contributed by atoms with van der Waals surface area (Å²) in [6.45, 7) is 6.35. The Balaban J connectivity index is 1.30. The zero-order valence-corrected chi connectivity index (χ0v) is 18.5. The van der Waals surface area contributed by atoms with Crippen molar-refractivity contribution in [2.24, 2.45) is 0 Å². The number of aryl methyl sites for hydroxylation is 1. The van der Waals surface area contributed by atoms with Crippen LogP contribution in [0.1, 0.15) is 68.9 Å². The van der Waals surface area contributed by atoms with Crippen LogP contribution in [0.3, 0.4) is 0 Å². The smallest absolute Gasteiger partial charge is 0.239 e. The molecule has 164 valence electrons. The number of nitrogens with zero attached hydrogens (tertiary/aromatic N) is 2. The normalized spacial score (nSPS) is 23.0.